The highest BCUT2D eigenvalue weighted by Gasteiger charge is 2.18. The number of rotatable bonds is 6. The molecule has 2 aromatic rings. The van der Waals surface area contributed by atoms with Crippen molar-refractivity contribution < 1.29 is 4.74 Å². The smallest absolute Gasteiger partial charge is 0.131 e. The molecule has 0 radical (unpaired) electrons. The lowest BCUT2D eigenvalue weighted by Crippen LogP contribution is -2.06. The van der Waals surface area contributed by atoms with Crippen LogP contribution in [0.4, 0.5) is 0 Å². The summed E-state index contributed by atoms with van der Waals surface area (Å²) in [5.74, 6) is 2.10. The van der Waals surface area contributed by atoms with Crippen molar-refractivity contribution in [2.45, 2.75) is 58.8 Å². The number of hydrogen-bond acceptors (Lipinski definition) is 1. The molecule has 0 N–H and O–H groups in total. The topological polar surface area (TPSA) is 9.23 Å². The summed E-state index contributed by atoms with van der Waals surface area (Å²) in [6.07, 6.45) is 8.40. The normalized spacial score (nSPS) is 12.5. The summed E-state index contributed by atoms with van der Waals surface area (Å²) in [7, 11) is 0. The summed E-state index contributed by atoms with van der Waals surface area (Å²) in [4.78, 5) is 0. The van der Waals surface area contributed by atoms with Gasteiger partial charge >= 0.3 is 0 Å². The molecule has 0 unspecified atom stereocenters. The van der Waals surface area contributed by atoms with Crippen LogP contribution in [0, 0.1) is 0 Å². The Morgan fingerprint density at radius 3 is 2.23 bits per heavy atom. The van der Waals surface area contributed by atoms with Gasteiger partial charge in [-0.05, 0) is 60.1 Å². The van der Waals surface area contributed by atoms with Gasteiger partial charge in [-0.3, -0.25) is 0 Å². The predicted octanol–water partition coefficient (Wildman–Crippen LogP) is 6.07. The third kappa shape index (κ3) is 3.19. The molecule has 0 aromatic heterocycles. The molecule has 3 rings (SSSR count). The Labute approximate surface area is 134 Å². The zero-order valence-electron chi connectivity index (χ0n) is 13.8. The molecule has 1 aliphatic rings. The van der Waals surface area contributed by atoms with Gasteiger partial charge in [0, 0.05) is 6.42 Å². The van der Waals surface area contributed by atoms with Gasteiger partial charge in [-0.25, -0.2) is 0 Å². The molecule has 0 aliphatic carbocycles. The molecular weight excluding hydrogens is 268 g/mol. The Hall–Kier alpha value is -1.76. The van der Waals surface area contributed by atoms with E-state index in [-0.39, 0.29) is 0 Å². The maximum absolute atomic E-state index is 6.16. The zero-order valence-corrected chi connectivity index (χ0v) is 13.8. The molecular formula is C21H26O. The van der Waals surface area contributed by atoms with E-state index in [4.69, 9.17) is 4.74 Å². The van der Waals surface area contributed by atoms with E-state index in [1.165, 1.54) is 60.8 Å². The number of hydrogen-bond donors (Lipinski definition) is 0. The first-order chi connectivity index (χ1) is 10.8. The van der Waals surface area contributed by atoms with E-state index in [9.17, 15) is 0 Å². The summed E-state index contributed by atoms with van der Waals surface area (Å²) in [5.41, 5.74) is 5.69. The van der Waals surface area contributed by atoms with Gasteiger partial charge in [-0.1, -0.05) is 51.0 Å². The Morgan fingerprint density at radius 1 is 0.818 bits per heavy atom. The lowest BCUT2D eigenvalue weighted by molar-refractivity contribution is 0.458. The van der Waals surface area contributed by atoms with Crippen LogP contribution >= 0.6 is 0 Å². The van der Waals surface area contributed by atoms with E-state index in [2.05, 4.69) is 50.2 Å². The van der Waals surface area contributed by atoms with Crippen LogP contribution in [0.2, 0.25) is 0 Å². The van der Waals surface area contributed by atoms with Crippen LogP contribution in [0.1, 0.15) is 61.8 Å². The first-order valence-electron chi connectivity index (χ1n) is 8.72. The minimum atomic E-state index is 0.999. The lowest BCUT2D eigenvalue weighted by Gasteiger charge is -2.23. The second-order valence-electron chi connectivity index (χ2n) is 6.32. The van der Waals surface area contributed by atoms with Gasteiger partial charge in [-0.15, -0.1) is 0 Å². The molecule has 0 fully saturated rings. The largest absolute Gasteiger partial charge is 0.457 e. The summed E-state index contributed by atoms with van der Waals surface area (Å²) in [6, 6.07) is 13.1. The molecule has 0 bridgehead atoms. The van der Waals surface area contributed by atoms with Crippen molar-refractivity contribution in [3.8, 4) is 11.5 Å². The van der Waals surface area contributed by atoms with Crippen molar-refractivity contribution in [3.05, 3.63) is 58.7 Å². The fourth-order valence-electron chi connectivity index (χ4n) is 3.22. The van der Waals surface area contributed by atoms with Crippen LogP contribution < -0.4 is 4.74 Å². The highest BCUT2D eigenvalue weighted by molar-refractivity contribution is 5.52. The van der Waals surface area contributed by atoms with Crippen molar-refractivity contribution in [2.24, 2.45) is 0 Å². The molecule has 0 saturated carbocycles. The summed E-state index contributed by atoms with van der Waals surface area (Å²) >= 11 is 0. The molecule has 1 nitrogen and oxygen atoms in total. The highest BCUT2D eigenvalue weighted by atomic mass is 16.5. The average Bonchev–Trinajstić information content (AvgIpc) is 2.55. The molecule has 116 valence electrons. The standard InChI is InChI=1S/C21H26O/c1-3-5-9-16-13-19-14-18-11-7-8-12-20(18)22-21(19)15-17(16)10-6-4-2/h7-8,11-13,15H,3-6,9-10,14H2,1-2H3. The van der Waals surface area contributed by atoms with Crippen molar-refractivity contribution in [1.82, 2.24) is 0 Å². The number of aryl methyl sites for hydroxylation is 2. The van der Waals surface area contributed by atoms with Gasteiger partial charge in [0.15, 0.2) is 0 Å². The minimum Gasteiger partial charge on any atom is -0.457 e. The van der Waals surface area contributed by atoms with Crippen molar-refractivity contribution >= 4 is 0 Å². The fraction of sp³-hybridized carbons (Fsp3) is 0.429. The first-order valence-corrected chi connectivity index (χ1v) is 8.72. The molecule has 1 heterocycles. The fourth-order valence-corrected chi connectivity index (χ4v) is 3.22. The van der Waals surface area contributed by atoms with Gasteiger partial charge < -0.3 is 4.74 Å². The predicted molar refractivity (Wildman–Crippen MR) is 93.0 cm³/mol. The second-order valence-corrected chi connectivity index (χ2v) is 6.32. The Balaban J connectivity index is 1.92. The third-order valence-corrected chi connectivity index (χ3v) is 4.56. The van der Waals surface area contributed by atoms with E-state index in [0.29, 0.717) is 0 Å². The van der Waals surface area contributed by atoms with Crippen LogP contribution in [0.3, 0.4) is 0 Å². The Morgan fingerprint density at radius 2 is 1.50 bits per heavy atom. The van der Waals surface area contributed by atoms with Gasteiger partial charge in [-0.2, -0.15) is 0 Å². The van der Waals surface area contributed by atoms with E-state index in [1.54, 1.807) is 0 Å². The first kappa shape index (κ1) is 15.1. The molecule has 0 saturated heterocycles. The highest BCUT2D eigenvalue weighted by Crippen LogP contribution is 2.38. The monoisotopic (exact) mass is 294 g/mol. The summed E-state index contributed by atoms with van der Waals surface area (Å²) < 4.78 is 6.16. The number of ether oxygens (including phenoxy) is 1. The molecule has 1 aliphatic heterocycles. The molecule has 2 aromatic carbocycles. The summed E-state index contributed by atoms with van der Waals surface area (Å²) in [6.45, 7) is 4.53. The Kier molecular flexibility index (Phi) is 4.82. The van der Waals surface area contributed by atoms with Gasteiger partial charge in [0.05, 0.1) is 0 Å². The number of fused-ring (bicyclic) bond motifs is 2. The van der Waals surface area contributed by atoms with Crippen LogP contribution in [-0.2, 0) is 19.3 Å². The molecule has 1 heteroatoms. The number of para-hydroxylation sites is 1. The third-order valence-electron chi connectivity index (χ3n) is 4.56. The molecule has 0 atom stereocenters. The second kappa shape index (κ2) is 7.00. The van der Waals surface area contributed by atoms with Crippen molar-refractivity contribution in [2.75, 3.05) is 0 Å². The lowest BCUT2D eigenvalue weighted by atomic mass is 9.91. The maximum Gasteiger partial charge on any atom is 0.131 e. The van der Waals surface area contributed by atoms with Crippen molar-refractivity contribution in [1.29, 1.82) is 0 Å². The molecule has 0 amide bonds. The van der Waals surface area contributed by atoms with Gasteiger partial charge in [0.25, 0.3) is 0 Å². The van der Waals surface area contributed by atoms with Crippen LogP contribution in [-0.4, -0.2) is 0 Å². The van der Waals surface area contributed by atoms with Crippen LogP contribution in [0.5, 0.6) is 11.5 Å². The van der Waals surface area contributed by atoms with E-state index in [1.807, 2.05) is 0 Å². The number of unbranched alkanes of at least 4 members (excludes halogenated alkanes) is 2. The van der Waals surface area contributed by atoms with Gasteiger partial charge in [0.1, 0.15) is 11.5 Å². The number of benzene rings is 2. The van der Waals surface area contributed by atoms with Gasteiger partial charge in [0.2, 0.25) is 0 Å². The minimum absolute atomic E-state index is 0.999. The maximum atomic E-state index is 6.16. The van der Waals surface area contributed by atoms with E-state index in [0.717, 1.165) is 17.9 Å². The average molecular weight is 294 g/mol. The molecule has 0 spiro atoms. The quantitative estimate of drug-likeness (QED) is 0.536. The SMILES string of the molecule is CCCCc1cc2c(cc1CCCC)Oc1ccccc1C2. The zero-order chi connectivity index (χ0) is 15.4. The van der Waals surface area contributed by atoms with E-state index < -0.39 is 0 Å². The van der Waals surface area contributed by atoms with Crippen LogP contribution in [0.25, 0.3) is 0 Å². The molecule has 22 heavy (non-hydrogen) atoms. The van der Waals surface area contributed by atoms with E-state index >= 15 is 0 Å². The summed E-state index contributed by atoms with van der Waals surface area (Å²) in [5, 5.41) is 0. The Bertz CT molecular complexity index is 586. The van der Waals surface area contributed by atoms with Crippen molar-refractivity contribution in [3.63, 3.8) is 0 Å². The van der Waals surface area contributed by atoms with Crippen LogP contribution in [0.15, 0.2) is 36.4 Å².